The Hall–Kier alpha value is -0.530. The van der Waals surface area contributed by atoms with Crippen LogP contribution in [0, 0.1) is 11.3 Å². The van der Waals surface area contributed by atoms with Crippen LogP contribution in [-0.4, -0.2) is 12.1 Å². The fourth-order valence-corrected chi connectivity index (χ4v) is 0.688. The molecule has 2 nitrogen and oxygen atoms in total. The molecule has 0 rings (SSSR count). The summed E-state index contributed by atoms with van der Waals surface area (Å²) in [5.74, 6) is -0.141. The highest BCUT2D eigenvalue weighted by atomic mass is 16.5. The number of hydrogen-bond acceptors (Lipinski definition) is 2. The topological polar surface area (TPSA) is 26.3 Å². The summed E-state index contributed by atoms with van der Waals surface area (Å²) in [6.45, 7) is 11.8. The van der Waals surface area contributed by atoms with Gasteiger partial charge in [0.1, 0.15) is 0 Å². The average molecular weight is 172 g/mol. The highest BCUT2D eigenvalue weighted by Gasteiger charge is 2.28. The largest absolute Gasteiger partial charge is 0.463 e. The minimum Gasteiger partial charge on any atom is -0.463 e. The molecule has 0 aliphatic carbocycles. The maximum absolute atomic E-state index is 11.4. The normalized spacial score (nSPS) is 14.6. The van der Waals surface area contributed by atoms with Gasteiger partial charge in [-0.05, 0) is 19.3 Å². The van der Waals surface area contributed by atoms with Crippen LogP contribution in [0.5, 0.6) is 0 Å². The highest BCUT2D eigenvalue weighted by Crippen LogP contribution is 2.26. The van der Waals surface area contributed by atoms with Gasteiger partial charge in [-0.15, -0.1) is 0 Å². The maximum Gasteiger partial charge on any atom is 0.309 e. The van der Waals surface area contributed by atoms with Crippen molar-refractivity contribution < 1.29 is 9.53 Å². The first-order chi connectivity index (χ1) is 5.25. The highest BCUT2D eigenvalue weighted by molar-refractivity contribution is 5.72. The van der Waals surface area contributed by atoms with Crippen LogP contribution in [0.4, 0.5) is 0 Å². The first-order valence-corrected chi connectivity index (χ1v) is 4.45. The Balaban J connectivity index is 4.12. The summed E-state index contributed by atoms with van der Waals surface area (Å²) >= 11 is 0. The van der Waals surface area contributed by atoms with Gasteiger partial charge in [-0.3, -0.25) is 4.79 Å². The molecule has 0 heterocycles. The van der Waals surface area contributed by atoms with Crippen LogP contribution in [-0.2, 0) is 9.53 Å². The molecule has 2 heteroatoms. The van der Waals surface area contributed by atoms with Crippen LogP contribution in [0.15, 0.2) is 0 Å². The summed E-state index contributed by atoms with van der Waals surface area (Å²) in [6, 6.07) is 0. The molecule has 1 atom stereocenters. The van der Waals surface area contributed by atoms with E-state index in [4.69, 9.17) is 4.74 Å². The zero-order valence-corrected chi connectivity index (χ0v) is 8.97. The molecule has 0 radical (unpaired) electrons. The van der Waals surface area contributed by atoms with Crippen molar-refractivity contribution in [2.24, 2.45) is 11.3 Å². The molecule has 0 aromatic carbocycles. The second kappa shape index (κ2) is 3.92. The van der Waals surface area contributed by atoms with Gasteiger partial charge in [0.05, 0.1) is 12.0 Å². The lowest BCUT2D eigenvalue weighted by Crippen LogP contribution is -2.29. The number of rotatable bonds is 2. The van der Waals surface area contributed by atoms with Crippen LogP contribution < -0.4 is 0 Å². The second-order valence-electron chi connectivity index (χ2n) is 4.57. The van der Waals surface area contributed by atoms with Crippen molar-refractivity contribution in [1.29, 1.82) is 0 Å². The second-order valence-corrected chi connectivity index (χ2v) is 4.57. The first kappa shape index (κ1) is 11.5. The molecule has 0 aliphatic heterocycles. The smallest absolute Gasteiger partial charge is 0.309 e. The predicted molar refractivity (Wildman–Crippen MR) is 49.8 cm³/mol. The van der Waals surface area contributed by atoms with Crippen molar-refractivity contribution in [3.8, 4) is 0 Å². The molecule has 0 aliphatic rings. The average Bonchev–Trinajstić information content (AvgIpc) is 1.82. The molecular formula is C10H20O2. The lowest BCUT2D eigenvalue weighted by atomic mass is 9.82. The van der Waals surface area contributed by atoms with Crippen LogP contribution in [0.2, 0.25) is 0 Å². The number of esters is 1. The molecule has 12 heavy (non-hydrogen) atoms. The van der Waals surface area contributed by atoms with E-state index in [1.165, 1.54) is 0 Å². The summed E-state index contributed by atoms with van der Waals surface area (Å²) in [5, 5.41) is 0. The van der Waals surface area contributed by atoms with Gasteiger partial charge < -0.3 is 4.74 Å². The Morgan fingerprint density at radius 2 is 1.58 bits per heavy atom. The minimum absolute atomic E-state index is 0.00796. The molecule has 72 valence electrons. The molecule has 0 spiro atoms. The van der Waals surface area contributed by atoms with Gasteiger partial charge in [-0.25, -0.2) is 0 Å². The molecule has 0 saturated carbocycles. The zero-order valence-electron chi connectivity index (χ0n) is 8.97. The quantitative estimate of drug-likeness (QED) is 0.598. The van der Waals surface area contributed by atoms with Crippen molar-refractivity contribution in [3.63, 3.8) is 0 Å². The zero-order chi connectivity index (χ0) is 9.94. The monoisotopic (exact) mass is 172 g/mol. The van der Waals surface area contributed by atoms with E-state index in [2.05, 4.69) is 0 Å². The Morgan fingerprint density at radius 3 is 1.83 bits per heavy atom. The van der Waals surface area contributed by atoms with E-state index >= 15 is 0 Å². The molecule has 0 fully saturated rings. The maximum atomic E-state index is 11.4. The summed E-state index contributed by atoms with van der Waals surface area (Å²) < 4.78 is 5.10. The van der Waals surface area contributed by atoms with Gasteiger partial charge in [-0.2, -0.15) is 0 Å². The summed E-state index contributed by atoms with van der Waals surface area (Å²) in [6.07, 6.45) is -0.0118. The van der Waals surface area contributed by atoms with E-state index in [9.17, 15) is 4.79 Å². The van der Waals surface area contributed by atoms with Crippen LogP contribution >= 0.6 is 0 Å². The van der Waals surface area contributed by atoms with E-state index in [0.717, 1.165) is 0 Å². The Morgan fingerprint density at radius 1 is 1.17 bits per heavy atom. The molecule has 0 aromatic heterocycles. The minimum atomic E-state index is -0.0995. The van der Waals surface area contributed by atoms with Crippen molar-refractivity contribution in [2.75, 3.05) is 0 Å². The van der Waals surface area contributed by atoms with Gasteiger partial charge >= 0.3 is 5.97 Å². The SMILES string of the molecule is CC(C)OC(=O)[C@@H](C)C(C)(C)C. The summed E-state index contributed by atoms with van der Waals surface area (Å²) in [7, 11) is 0. The predicted octanol–water partition coefficient (Wildman–Crippen LogP) is 2.62. The fourth-order valence-electron chi connectivity index (χ4n) is 0.688. The molecule has 0 unspecified atom stereocenters. The number of carbonyl (C=O) groups excluding carboxylic acids is 1. The third-order valence-electron chi connectivity index (χ3n) is 2.00. The van der Waals surface area contributed by atoms with Gasteiger partial charge in [0.15, 0.2) is 0 Å². The number of hydrogen-bond donors (Lipinski definition) is 0. The standard InChI is InChI=1S/C10H20O2/c1-7(2)12-9(11)8(3)10(4,5)6/h7-8H,1-6H3/t8-/m1/s1. The molecule has 0 saturated heterocycles. The number of carbonyl (C=O) groups is 1. The molecule has 0 amide bonds. The van der Waals surface area contributed by atoms with Gasteiger partial charge in [0, 0.05) is 0 Å². The van der Waals surface area contributed by atoms with E-state index in [1.54, 1.807) is 0 Å². The van der Waals surface area contributed by atoms with Gasteiger partial charge in [0.25, 0.3) is 0 Å². The van der Waals surface area contributed by atoms with Crippen molar-refractivity contribution in [1.82, 2.24) is 0 Å². The fraction of sp³-hybridized carbons (Fsp3) is 0.900. The van der Waals surface area contributed by atoms with Crippen LogP contribution in [0.25, 0.3) is 0 Å². The van der Waals surface area contributed by atoms with E-state index in [0.29, 0.717) is 0 Å². The third-order valence-corrected chi connectivity index (χ3v) is 2.00. The lowest BCUT2D eigenvalue weighted by molar-refractivity contribution is -0.155. The molecule has 0 aromatic rings. The van der Waals surface area contributed by atoms with Gasteiger partial charge in [0.2, 0.25) is 0 Å². The first-order valence-electron chi connectivity index (χ1n) is 4.45. The number of ether oxygens (including phenoxy) is 1. The third kappa shape index (κ3) is 3.74. The van der Waals surface area contributed by atoms with Gasteiger partial charge in [-0.1, -0.05) is 27.7 Å². The molecular weight excluding hydrogens is 152 g/mol. The lowest BCUT2D eigenvalue weighted by Gasteiger charge is -2.26. The molecule has 0 N–H and O–H groups in total. The van der Waals surface area contributed by atoms with Crippen LogP contribution in [0.3, 0.4) is 0 Å². The van der Waals surface area contributed by atoms with E-state index < -0.39 is 0 Å². The van der Waals surface area contributed by atoms with Crippen molar-refractivity contribution in [2.45, 2.75) is 47.6 Å². The van der Waals surface area contributed by atoms with Crippen LogP contribution in [0.1, 0.15) is 41.5 Å². The Kier molecular flexibility index (Phi) is 3.75. The van der Waals surface area contributed by atoms with Crippen molar-refractivity contribution >= 4 is 5.97 Å². The van der Waals surface area contributed by atoms with E-state index in [-0.39, 0.29) is 23.4 Å². The van der Waals surface area contributed by atoms with E-state index in [1.807, 2.05) is 41.5 Å². The Bertz CT molecular complexity index is 154. The molecule has 0 bridgehead atoms. The Labute approximate surface area is 75.3 Å². The van der Waals surface area contributed by atoms with Crippen molar-refractivity contribution in [3.05, 3.63) is 0 Å². The summed E-state index contributed by atoms with van der Waals surface area (Å²) in [4.78, 5) is 11.4. The summed E-state index contributed by atoms with van der Waals surface area (Å²) in [5.41, 5.74) is -0.00796.